The Bertz CT molecular complexity index is 257. The van der Waals surface area contributed by atoms with Crippen molar-refractivity contribution in [2.75, 3.05) is 0 Å². The first-order valence-corrected chi connectivity index (χ1v) is 4.47. The van der Waals surface area contributed by atoms with Crippen LogP contribution in [0.25, 0.3) is 0 Å². The summed E-state index contributed by atoms with van der Waals surface area (Å²) in [7, 11) is 0. The first kappa shape index (κ1) is 13.0. The molecule has 1 atom stereocenters. The smallest absolute Gasteiger partial charge is 0.270 e. The van der Waals surface area contributed by atoms with Gasteiger partial charge in [0.15, 0.2) is 0 Å². The van der Waals surface area contributed by atoms with E-state index in [9.17, 15) is 8.78 Å². The fraction of sp³-hybridized carbons (Fsp3) is 0.455. The largest absolute Gasteiger partial charge is 0.324 e. The molecule has 0 aliphatic carbocycles. The molecule has 0 aromatic rings. The minimum atomic E-state index is -2.90. The lowest BCUT2D eigenvalue weighted by Gasteiger charge is -2.18. The van der Waals surface area contributed by atoms with E-state index in [4.69, 9.17) is 5.73 Å². The van der Waals surface area contributed by atoms with Crippen molar-refractivity contribution in [1.29, 1.82) is 0 Å². The third-order valence-electron chi connectivity index (χ3n) is 1.82. The average molecular weight is 201 g/mol. The zero-order chi connectivity index (χ0) is 11.4. The lowest BCUT2D eigenvalue weighted by Crippen LogP contribution is -2.23. The van der Waals surface area contributed by atoms with E-state index in [0.29, 0.717) is 5.57 Å². The van der Waals surface area contributed by atoms with Crippen molar-refractivity contribution in [2.45, 2.75) is 32.7 Å². The summed E-state index contributed by atoms with van der Waals surface area (Å²) < 4.78 is 26.2. The Hall–Kier alpha value is -0.960. The SMILES string of the molecule is C=C/C(=C(\C=C/C)C(C)N)C(C)(F)F. The summed E-state index contributed by atoms with van der Waals surface area (Å²) in [5.74, 6) is -2.90. The third kappa shape index (κ3) is 3.42. The van der Waals surface area contributed by atoms with Gasteiger partial charge in [-0.3, -0.25) is 0 Å². The molecule has 0 aliphatic heterocycles. The molecule has 0 aliphatic rings. The molecule has 14 heavy (non-hydrogen) atoms. The minimum Gasteiger partial charge on any atom is -0.324 e. The van der Waals surface area contributed by atoms with Crippen molar-refractivity contribution in [1.82, 2.24) is 0 Å². The van der Waals surface area contributed by atoms with E-state index in [1.807, 2.05) is 0 Å². The van der Waals surface area contributed by atoms with Crippen molar-refractivity contribution in [3.05, 3.63) is 36.0 Å². The molecule has 2 N–H and O–H groups in total. The van der Waals surface area contributed by atoms with E-state index in [0.717, 1.165) is 6.92 Å². The molecule has 80 valence electrons. The van der Waals surface area contributed by atoms with E-state index >= 15 is 0 Å². The maximum Gasteiger partial charge on any atom is 0.270 e. The van der Waals surface area contributed by atoms with Gasteiger partial charge in [-0.2, -0.15) is 0 Å². The summed E-state index contributed by atoms with van der Waals surface area (Å²) in [5.41, 5.74) is 5.93. The van der Waals surface area contributed by atoms with Crippen LogP contribution in [0.3, 0.4) is 0 Å². The molecule has 0 fully saturated rings. The number of rotatable bonds is 4. The molecule has 1 nitrogen and oxygen atoms in total. The molecule has 0 aromatic heterocycles. The van der Waals surface area contributed by atoms with Gasteiger partial charge in [-0.1, -0.05) is 24.8 Å². The van der Waals surface area contributed by atoms with Crippen molar-refractivity contribution in [3.8, 4) is 0 Å². The van der Waals surface area contributed by atoms with E-state index < -0.39 is 12.0 Å². The van der Waals surface area contributed by atoms with E-state index in [1.54, 1.807) is 26.0 Å². The molecule has 0 spiro atoms. The van der Waals surface area contributed by atoms with Crippen LogP contribution < -0.4 is 5.73 Å². The number of allylic oxidation sites excluding steroid dienone is 3. The molecule has 0 radical (unpaired) electrons. The van der Waals surface area contributed by atoms with Gasteiger partial charge in [0, 0.05) is 18.5 Å². The van der Waals surface area contributed by atoms with E-state index in [1.165, 1.54) is 6.08 Å². The highest BCUT2D eigenvalue weighted by atomic mass is 19.3. The Kier molecular flexibility index (Phi) is 4.71. The average Bonchev–Trinajstić information content (AvgIpc) is 2.01. The van der Waals surface area contributed by atoms with Gasteiger partial charge in [-0.25, -0.2) is 8.78 Å². The summed E-state index contributed by atoms with van der Waals surface area (Å²) in [6.45, 7) is 7.66. The number of hydrogen-bond acceptors (Lipinski definition) is 1. The molecule has 3 heteroatoms. The lowest BCUT2D eigenvalue weighted by atomic mass is 9.97. The van der Waals surface area contributed by atoms with Gasteiger partial charge in [0.2, 0.25) is 0 Å². The van der Waals surface area contributed by atoms with Crippen LogP contribution >= 0.6 is 0 Å². The van der Waals surface area contributed by atoms with Crippen molar-refractivity contribution in [2.24, 2.45) is 5.73 Å². The number of hydrogen-bond donors (Lipinski definition) is 1. The zero-order valence-electron chi connectivity index (χ0n) is 8.85. The van der Waals surface area contributed by atoms with Crippen LogP contribution in [-0.4, -0.2) is 12.0 Å². The Morgan fingerprint density at radius 3 is 2.21 bits per heavy atom. The van der Waals surface area contributed by atoms with Gasteiger partial charge >= 0.3 is 0 Å². The molecular formula is C11H17F2N. The second-order valence-electron chi connectivity index (χ2n) is 3.25. The van der Waals surface area contributed by atoms with Crippen LogP contribution in [0.5, 0.6) is 0 Å². The lowest BCUT2D eigenvalue weighted by molar-refractivity contribution is 0.0663. The zero-order valence-corrected chi connectivity index (χ0v) is 8.85. The number of halogens is 2. The highest BCUT2D eigenvalue weighted by molar-refractivity contribution is 5.39. The Morgan fingerprint density at radius 1 is 1.50 bits per heavy atom. The molecule has 0 aromatic carbocycles. The van der Waals surface area contributed by atoms with E-state index in [-0.39, 0.29) is 5.57 Å². The third-order valence-corrected chi connectivity index (χ3v) is 1.82. The molecule has 0 saturated heterocycles. The molecule has 0 rings (SSSR count). The van der Waals surface area contributed by atoms with Crippen LogP contribution in [0.4, 0.5) is 8.78 Å². The summed E-state index contributed by atoms with van der Waals surface area (Å²) in [6, 6.07) is -0.426. The fourth-order valence-electron chi connectivity index (χ4n) is 1.22. The summed E-state index contributed by atoms with van der Waals surface area (Å²) in [6.07, 6.45) is 4.45. The maximum atomic E-state index is 13.1. The van der Waals surface area contributed by atoms with Crippen LogP contribution in [0, 0.1) is 0 Å². The fourth-order valence-corrected chi connectivity index (χ4v) is 1.22. The predicted molar refractivity (Wildman–Crippen MR) is 56.3 cm³/mol. The van der Waals surface area contributed by atoms with Crippen LogP contribution in [0.1, 0.15) is 20.8 Å². The number of nitrogens with two attached hydrogens (primary N) is 1. The second-order valence-corrected chi connectivity index (χ2v) is 3.25. The van der Waals surface area contributed by atoms with Crippen LogP contribution in [0.2, 0.25) is 0 Å². The first-order chi connectivity index (χ1) is 6.34. The van der Waals surface area contributed by atoms with Crippen molar-refractivity contribution >= 4 is 0 Å². The quantitative estimate of drug-likeness (QED) is 0.695. The maximum absolute atomic E-state index is 13.1. The van der Waals surface area contributed by atoms with Gasteiger partial charge in [0.05, 0.1) is 0 Å². The molecule has 0 bridgehead atoms. The normalized spacial score (nSPS) is 16.7. The molecule has 0 heterocycles. The van der Waals surface area contributed by atoms with Gasteiger partial charge in [-0.15, -0.1) is 0 Å². The minimum absolute atomic E-state index is 0.106. The highest BCUT2D eigenvalue weighted by Crippen LogP contribution is 2.28. The molecule has 0 saturated carbocycles. The Labute approximate surface area is 84.0 Å². The van der Waals surface area contributed by atoms with Gasteiger partial charge in [0.1, 0.15) is 0 Å². The highest BCUT2D eigenvalue weighted by Gasteiger charge is 2.28. The Balaban J connectivity index is 5.42. The standard InChI is InChI=1S/C11H17F2N/c1-5-7-9(8(3)14)10(6-2)11(4,12)13/h5-8H,2,14H2,1,3-4H3/b7-5-,10-9-. The summed E-state index contributed by atoms with van der Waals surface area (Å²) in [5, 5.41) is 0. The Morgan fingerprint density at radius 2 is 2.00 bits per heavy atom. The second kappa shape index (κ2) is 5.05. The molecule has 1 unspecified atom stereocenters. The topological polar surface area (TPSA) is 26.0 Å². The number of alkyl halides is 2. The first-order valence-electron chi connectivity index (χ1n) is 4.47. The molecule has 0 amide bonds. The van der Waals surface area contributed by atoms with Crippen LogP contribution in [-0.2, 0) is 0 Å². The summed E-state index contributed by atoms with van der Waals surface area (Å²) in [4.78, 5) is 0. The van der Waals surface area contributed by atoms with E-state index in [2.05, 4.69) is 6.58 Å². The van der Waals surface area contributed by atoms with Crippen molar-refractivity contribution in [3.63, 3.8) is 0 Å². The van der Waals surface area contributed by atoms with Crippen LogP contribution in [0.15, 0.2) is 36.0 Å². The van der Waals surface area contributed by atoms with Gasteiger partial charge in [0.25, 0.3) is 5.92 Å². The predicted octanol–water partition coefficient (Wildman–Crippen LogP) is 3.05. The molecular weight excluding hydrogens is 184 g/mol. The van der Waals surface area contributed by atoms with Crippen molar-refractivity contribution < 1.29 is 8.78 Å². The van der Waals surface area contributed by atoms with Gasteiger partial charge < -0.3 is 5.73 Å². The van der Waals surface area contributed by atoms with Gasteiger partial charge in [-0.05, 0) is 19.4 Å². The monoisotopic (exact) mass is 201 g/mol. The summed E-state index contributed by atoms with van der Waals surface area (Å²) >= 11 is 0.